The van der Waals surface area contributed by atoms with Gasteiger partial charge in [0.25, 0.3) is 0 Å². The Hall–Kier alpha value is -1.13. The minimum absolute atomic E-state index is 0.161. The van der Waals surface area contributed by atoms with E-state index in [0.717, 1.165) is 5.56 Å². The molecule has 3 nitrogen and oxygen atoms in total. The molecule has 0 aliphatic rings. The quantitative estimate of drug-likeness (QED) is 0.677. The minimum atomic E-state index is -1.78. The average Bonchev–Trinajstić information content (AvgIpc) is 2.35. The molecule has 0 fully saturated rings. The lowest BCUT2D eigenvalue weighted by Crippen LogP contribution is -2.55. The highest BCUT2D eigenvalue weighted by molar-refractivity contribution is 6.78. The predicted molar refractivity (Wildman–Crippen MR) is 81.5 cm³/mol. The Labute approximate surface area is 117 Å². The van der Waals surface area contributed by atoms with E-state index in [9.17, 15) is 4.79 Å². The largest absolute Gasteiger partial charge is 0.468 e. The summed E-state index contributed by atoms with van der Waals surface area (Å²) >= 11 is 0. The first-order chi connectivity index (χ1) is 8.69. The smallest absolute Gasteiger partial charge is 0.326 e. The van der Waals surface area contributed by atoms with Crippen molar-refractivity contribution in [2.75, 3.05) is 7.11 Å². The van der Waals surface area contributed by atoms with Crippen molar-refractivity contribution in [3.05, 3.63) is 35.9 Å². The molecule has 0 spiro atoms. The van der Waals surface area contributed by atoms with Gasteiger partial charge in [0.1, 0.15) is 14.3 Å². The minimum Gasteiger partial charge on any atom is -0.468 e. The summed E-state index contributed by atoms with van der Waals surface area (Å²) in [4.78, 5) is 15.6. The molecule has 1 rings (SSSR count). The van der Waals surface area contributed by atoms with E-state index in [1.54, 1.807) is 0 Å². The Morgan fingerprint density at radius 1 is 1.21 bits per heavy atom. The van der Waals surface area contributed by atoms with Crippen molar-refractivity contribution < 1.29 is 9.53 Å². The number of rotatable bonds is 4. The van der Waals surface area contributed by atoms with Crippen LogP contribution >= 0.6 is 0 Å². The van der Waals surface area contributed by atoms with E-state index in [-0.39, 0.29) is 17.0 Å². The van der Waals surface area contributed by atoms with Crippen LogP contribution in [0.5, 0.6) is 0 Å². The van der Waals surface area contributed by atoms with Gasteiger partial charge in [0.15, 0.2) is 0 Å². The van der Waals surface area contributed by atoms with Crippen molar-refractivity contribution in [2.24, 2.45) is 0 Å². The van der Waals surface area contributed by atoms with Gasteiger partial charge >= 0.3 is 5.97 Å². The van der Waals surface area contributed by atoms with Gasteiger partial charge in [-0.3, -0.25) is 4.79 Å². The summed E-state index contributed by atoms with van der Waals surface area (Å²) in [5.74, 6) is -0.226. The highest BCUT2D eigenvalue weighted by Crippen LogP contribution is 2.35. The maximum atomic E-state index is 12.1. The summed E-state index contributed by atoms with van der Waals surface area (Å²) < 4.78 is 4.95. The Balaban J connectivity index is 3.05. The summed E-state index contributed by atoms with van der Waals surface area (Å²) in [6.07, 6.45) is 0. The van der Waals surface area contributed by atoms with E-state index >= 15 is 0 Å². The molecule has 1 atom stereocenters. The van der Waals surface area contributed by atoms with Crippen molar-refractivity contribution in [1.29, 1.82) is 0 Å². The normalized spacial score (nSPS) is 14.0. The highest BCUT2D eigenvalue weighted by atomic mass is 28.3. The van der Waals surface area contributed by atoms with Gasteiger partial charge < -0.3 is 9.72 Å². The standard InChI is InChI=1S/C15H25NO2Si/c1-15(2,3)19(5,6)16-13(14(17)18-4)12-10-8-7-9-11-12/h7-11,13,16H,1-6H3/t13-/m0/s1. The van der Waals surface area contributed by atoms with Crippen LogP contribution in [-0.4, -0.2) is 21.3 Å². The van der Waals surface area contributed by atoms with E-state index in [4.69, 9.17) is 4.74 Å². The molecule has 0 bridgehead atoms. The van der Waals surface area contributed by atoms with E-state index in [1.165, 1.54) is 7.11 Å². The van der Waals surface area contributed by atoms with Crippen LogP contribution in [0.15, 0.2) is 30.3 Å². The van der Waals surface area contributed by atoms with Gasteiger partial charge in [0, 0.05) is 0 Å². The number of carbonyl (C=O) groups excluding carboxylic acids is 1. The zero-order valence-corrected chi connectivity index (χ0v) is 13.8. The van der Waals surface area contributed by atoms with Crippen LogP contribution < -0.4 is 4.98 Å². The fourth-order valence-corrected chi connectivity index (χ4v) is 3.06. The summed E-state index contributed by atoms with van der Waals surface area (Å²) in [6.45, 7) is 11.1. The molecule has 0 radical (unpaired) electrons. The van der Waals surface area contributed by atoms with Gasteiger partial charge in [-0.15, -0.1) is 0 Å². The number of methoxy groups -OCH3 is 1. The predicted octanol–water partition coefficient (Wildman–Crippen LogP) is 3.50. The maximum Gasteiger partial charge on any atom is 0.326 e. The van der Waals surface area contributed by atoms with Gasteiger partial charge in [-0.05, 0) is 10.6 Å². The average molecular weight is 279 g/mol. The zero-order chi connectivity index (χ0) is 14.7. The van der Waals surface area contributed by atoms with Crippen LogP contribution in [0, 0.1) is 0 Å². The third-order valence-electron chi connectivity index (χ3n) is 3.95. The van der Waals surface area contributed by atoms with Crippen LogP contribution in [0.2, 0.25) is 18.1 Å². The first-order valence-corrected chi connectivity index (χ1v) is 9.59. The van der Waals surface area contributed by atoms with Gasteiger partial charge in [0.05, 0.1) is 7.11 Å². The van der Waals surface area contributed by atoms with Gasteiger partial charge in [-0.1, -0.05) is 64.2 Å². The molecule has 1 N–H and O–H groups in total. The summed E-state index contributed by atoms with van der Waals surface area (Å²) in [7, 11) is -0.345. The molecule has 0 aliphatic heterocycles. The lowest BCUT2D eigenvalue weighted by molar-refractivity contribution is -0.142. The Morgan fingerprint density at radius 3 is 2.16 bits per heavy atom. The lowest BCUT2D eigenvalue weighted by Gasteiger charge is -2.39. The Bertz CT molecular complexity index is 424. The maximum absolute atomic E-state index is 12.1. The molecule has 19 heavy (non-hydrogen) atoms. The molecule has 4 heteroatoms. The number of carbonyl (C=O) groups is 1. The van der Waals surface area contributed by atoms with Gasteiger partial charge in [-0.2, -0.15) is 0 Å². The van der Waals surface area contributed by atoms with E-state index in [0.29, 0.717) is 0 Å². The first-order valence-electron chi connectivity index (χ1n) is 6.59. The van der Waals surface area contributed by atoms with Crippen LogP contribution in [0.1, 0.15) is 32.4 Å². The molecule has 1 aromatic carbocycles. The third kappa shape index (κ3) is 3.91. The Morgan fingerprint density at radius 2 is 1.74 bits per heavy atom. The summed E-state index contributed by atoms with van der Waals surface area (Å²) in [5, 5.41) is 0.161. The third-order valence-corrected chi connectivity index (χ3v) is 8.71. The molecule has 0 aliphatic carbocycles. The summed E-state index contributed by atoms with van der Waals surface area (Å²) in [6, 6.07) is 9.37. The second-order valence-electron chi connectivity index (χ2n) is 6.39. The number of benzene rings is 1. The second kappa shape index (κ2) is 5.88. The number of ether oxygens (including phenoxy) is 1. The van der Waals surface area contributed by atoms with Crippen molar-refractivity contribution in [3.8, 4) is 0 Å². The fraction of sp³-hybridized carbons (Fsp3) is 0.533. The summed E-state index contributed by atoms with van der Waals surface area (Å²) in [5.41, 5.74) is 0.958. The molecular weight excluding hydrogens is 254 g/mol. The Kier molecular flexibility index (Phi) is 4.93. The fourth-order valence-electron chi connectivity index (χ4n) is 1.62. The molecule has 0 saturated carbocycles. The molecule has 0 amide bonds. The molecule has 106 valence electrons. The topological polar surface area (TPSA) is 38.3 Å². The number of nitrogens with one attached hydrogen (secondary N) is 1. The van der Waals surface area contributed by atoms with E-state index in [2.05, 4.69) is 38.8 Å². The van der Waals surface area contributed by atoms with Gasteiger partial charge in [0.2, 0.25) is 0 Å². The van der Waals surface area contributed by atoms with E-state index in [1.807, 2.05) is 30.3 Å². The van der Waals surface area contributed by atoms with Crippen molar-refractivity contribution in [3.63, 3.8) is 0 Å². The molecular formula is C15H25NO2Si. The zero-order valence-electron chi connectivity index (χ0n) is 12.8. The number of hydrogen-bond acceptors (Lipinski definition) is 3. The van der Waals surface area contributed by atoms with Crippen LogP contribution in [0.3, 0.4) is 0 Å². The number of esters is 1. The van der Waals surface area contributed by atoms with Crippen molar-refractivity contribution in [1.82, 2.24) is 4.98 Å². The first kappa shape index (κ1) is 15.9. The van der Waals surface area contributed by atoms with Crippen molar-refractivity contribution in [2.45, 2.75) is 44.9 Å². The lowest BCUT2D eigenvalue weighted by atomic mass is 10.1. The number of hydrogen-bond donors (Lipinski definition) is 1. The highest BCUT2D eigenvalue weighted by Gasteiger charge is 2.39. The molecule has 1 aromatic rings. The molecule has 0 unspecified atom stereocenters. The monoisotopic (exact) mass is 279 g/mol. The van der Waals surface area contributed by atoms with Crippen LogP contribution in [0.25, 0.3) is 0 Å². The molecule has 0 aromatic heterocycles. The van der Waals surface area contributed by atoms with E-state index < -0.39 is 8.24 Å². The second-order valence-corrected chi connectivity index (χ2v) is 11.4. The van der Waals surface area contributed by atoms with Crippen molar-refractivity contribution >= 4 is 14.2 Å². The van der Waals surface area contributed by atoms with Gasteiger partial charge in [-0.25, -0.2) is 0 Å². The van der Waals surface area contributed by atoms with Crippen LogP contribution in [0.4, 0.5) is 0 Å². The molecule has 0 saturated heterocycles. The molecule has 0 heterocycles. The van der Waals surface area contributed by atoms with Crippen LogP contribution in [-0.2, 0) is 9.53 Å². The SMILES string of the molecule is COC(=O)[C@@H](N[Si](C)(C)C(C)(C)C)c1ccccc1.